The van der Waals surface area contributed by atoms with Crippen LogP contribution in [0.3, 0.4) is 0 Å². The van der Waals surface area contributed by atoms with Gasteiger partial charge in [-0.2, -0.15) is 0 Å². The topological polar surface area (TPSA) is 52.6 Å². The van der Waals surface area contributed by atoms with Crippen molar-refractivity contribution >= 4 is 23.3 Å². The molecule has 82 valence electrons. The van der Waals surface area contributed by atoms with Crippen LogP contribution in [0, 0.1) is 0 Å². The number of esters is 2. The second-order valence-electron chi connectivity index (χ2n) is 2.87. The molecule has 1 aromatic rings. The van der Waals surface area contributed by atoms with Gasteiger partial charge in [-0.1, -0.05) is 0 Å². The SMILES string of the molecule is COC(=O)Cc1ccsc1CC(=O)OC. The van der Waals surface area contributed by atoms with Crippen molar-refractivity contribution in [2.45, 2.75) is 12.8 Å². The zero-order valence-electron chi connectivity index (χ0n) is 8.61. The number of methoxy groups -OCH3 is 2. The first-order valence-corrected chi connectivity index (χ1v) is 5.24. The van der Waals surface area contributed by atoms with Gasteiger partial charge in [0.15, 0.2) is 0 Å². The van der Waals surface area contributed by atoms with E-state index in [1.54, 1.807) is 0 Å². The summed E-state index contributed by atoms with van der Waals surface area (Å²) in [4.78, 5) is 23.0. The molecule has 0 aliphatic rings. The van der Waals surface area contributed by atoms with Gasteiger partial charge in [0.05, 0.1) is 27.1 Å². The van der Waals surface area contributed by atoms with E-state index in [-0.39, 0.29) is 24.8 Å². The predicted molar refractivity (Wildman–Crippen MR) is 55.8 cm³/mol. The van der Waals surface area contributed by atoms with Crippen LogP contribution in [-0.4, -0.2) is 26.2 Å². The van der Waals surface area contributed by atoms with Crippen LogP contribution in [0.15, 0.2) is 11.4 Å². The maximum Gasteiger partial charge on any atom is 0.310 e. The van der Waals surface area contributed by atoms with Crippen LogP contribution in [0.25, 0.3) is 0 Å². The summed E-state index contributed by atoms with van der Waals surface area (Å²) in [6.45, 7) is 0. The van der Waals surface area contributed by atoms with Gasteiger partial charge in [-0.25, -0.2) is 0 Å². The fourth-order valence-electron chi connectivity index (χ4n) is 1.11. The highest BCUT2D eigenvalue weighted by atomic mass is 32.1. The normalized spacial score (nSPS) is 9.73. The Morgan fingerprint density at radius 1 is 1.20 bits per heavy atom. The molecule has 0 fully saturated rings. The summed E-state index contributed by atoms with van der Waals surface area (Å²) < 4.78 is 9.12. The second-order valence-corrected chi connectivity index (χ2v) is 3.88. The van der Waals surface area contributed by atoms with Crippen LogP contribution < -0.4 is 0 Å². The minimum Gasteiger partial charge on any atom is -0.469 e. The third-order valence-corrected chi connectivity index (χ3v) is 2.90. The van der Waals surface area contributed by atoms with E-state index >= 15 is 0 Å². The molecule has 0 aromatic carbocycles. The Morgan fingerprint density at radius 2 is 1.80 bits per heavy atom. The third kappa shape index (κ3) is 3.36. The Hall–Kier alpha value is -1.36. The minimum atomic E-state index is -0.306. The summed E-state index contributed by atoms with van der Waals surface area (Å²) >= 11 is 1.44. The van der Waals surface area contributed by atoms with E-state index in [2.05, 4.69) is 9.47 Å². The van der Waals surface area contributed by atoms with Crippen LogP contribution in [0.5, 0.6) is 0 Å². The molecule has 0 amide bonds. The van der Waals surface area contributed by atoms with Gasteiger partial charge in [0, 0.05) is 4.88 Å². The van der Waals surface area contributed by atoms with Gasteiger partial charge in [-0.05, 0) is 17.0 Å². The lowest BCUT2D eigenvalue weighted by Gasteiger charge is -2.01. The third-order valence-electron chi connectivity index (χ3n) is 1.93. The zero-order valence-corrected chi connectivity index (χ0v) is 9.43. The molecule has 4 nitrogen and oxygen atoms in total. The van der Waals surface area contributed by atoms with E-state index in [4.69, 9.17) is 0 Å². The lowest BCUT2D eigenvalue weighted by molar-refractivity contribution is -0.141. The van der Waals surface area contributed by atoms with E-state index in [0.29, 0.717) is 0 Å². The highest BCUT2D eigenvalue weighted by molar-refractivity contribution is 7.10. The van der Waals surface area contributed by atoms with Crippen molar-refractivity contribution in [1.29, 1.82) is 0 Å². The molecule has 0 bridgehead atoms. The van der Waals surface area contributed by atoms with Gasteiger partial charge in [-0.15, -0.1) is 11.3 Å². The van der Waals surface area contributed by atoms with Crippen LogP contribution >= 0.6 is 11.3 Å². The van der Waals surface area contributed by atoms with Gasteiger partial charge in [-0.3, -0.25) is 9.59 Å². The Labute approximate surface area is 91.8 Å². The lowest BCUT2D eigenvalue weighted by atomic mass is 10.1. The van der Waals surface area contributed by atoms with E-state index in [9.17, 15) is 9.59 Å². The molecule has 1 rings (SSSR count). The zero-order chi connectivity index (χ0) is 11.3. The van der Waals surface area contributed by atoms with Gasteiger partial charge in [0.1, 0.15) is 0 Å². The number of rotatable bonds is 4. The van der Waals surface area contributed by atoms with E-state index in [1.807, 2.05) is 11.4 Å². The molecule has 5 heteroatoms. The summed E-state index contributed by atoms with van der Waals surface area (Å²) in [5.74, 6) is -0.608. The van der Waals surface area contributed by atoms with Gasteiger partial charge >= 0.3 is 11.9 Å². The monoisotopic (exact) mass is 228 g/mol. The van der Waals surface area contributed by atoms with Crippen molar-refractivity contribution in [2.75, 3.05) is 14.2 Å². The molecular formula is C10H12O4S. The van der Waals surface area contributed by atoms with Gasteiger partial charge < -0.3 is 9.47 Å². The van der Waals surface area contributed by atoms with Crippen molar-refractivity contribution in [3.05, 3.63) is 21.9 Å². The maximum atomic E-state index is 11.1. The van der Waals surface area contributed by atoms with Gasteiger partial charge in [0.2, 0.25) is 0 Å². The largest absolute Gasteiger partial charge is 0.469 e. The summed E-state index contributed by atoms with van der Waals surface area (Å²) in [6.07, 6.45) is 0.410. The number of ether oxygens (including phenoxy) is 2. The Morgan fingerprint density at radius 3 is 2.40 bits per heavy atom. The molecule has 0 N–H and O–H groups in total. The van der Waals surface area contributed by atoms with Crippen molar-refractivity contribution in [3.8, 4) is 0 Å². The number of thiophene rings is 1. The number of carbonyl (C=O) groups excluding carboxylic acids is 2. The standard InChI is InChI=1S/C10H12O4S/c1-13-9(11)5-7-3-4-15-8(7)6-10(12)14-2/h3-4H,5-6H2,1-2H3. The summed E-state index contributed by atoms with van der Waals surface area (Å²) in [5, 5.41) is 1.84. The quantitative estimate of drug-likeness (QED) is 0.726. The molecule has 0 radical (unpaired) electrons. The van der Waals surface area contributed by atoms with Crippen molar-refractivity contribution in [3.63, 3.8) is 0 Å². The first-order chi connectivity index (χ1) is 7.17. The molecule has 0 aliphatic heterocycles. The van der Waals surface area contributed by atoms with Gasteiger partial charge in [0.25, 0.3) is 0 Å². The smallest absolute Gasteiger partial charge is 0.310 e. The molecule has 1 heterocycles. The van der Waals surface area contributed by atoms with Crippen LogP contribution in [-0.2, 0) is 31.9 Å². The fourth-order valence-corrected chi connectivity index (χ4v) is 2.00. The molecule has 0 saturated carbocycles. The highest BCUT2D eigenvalue weighted by Gasteiger charge is 2.12. The molecule has 15 heavy (non-hydrogen) atoms. The van der Waals surface area contributed by atoms with E-state index in [0.717, 1.165) is 10.4 Å². The second kappa shape index (κ2) is 5.50. The molecule has 0 saturated heterocycles. The molecule has 0 spiro atoms. The predicted octanol–water partition coefficient (Wildman–Crippen LogP) is 1.18. The van der Waals surface area contributed by atoms with Crippen molar-refractivity contribution in [2.24, 2.45) is 0 Å². The average Bonchev–Trinajstić information content (AvgIpc) is 2.65. The van der Waals surface area contributed by atoms with Crippen LogP contribution in [0.2, 0.25) is 0 Å². The Bertz CT molecular complexity index is 324. The Kier molecular flexibility index (Phi) is 4.30. The first-order valence-electron chi connectivity index (χ1n) is 4.36. The molecule has 1 aromatic heterocycles. The van der Waals surface area contributed by atoms with Crippen LogP contribution in [0.4, 0.5) is 0 Å². The number of hydrogen-bond acceptors (Lipinski definition) is 5. The summed E-state index contributed by atoms with van der Waals surface area (Å²) in [5.41, 5.74) is 0.831. The maximum absolute atomic E-state index is 11.1. The molecule has 0 aliphatic carbocycles. The molecule has 0 atom stereocenters. The Balaban J connectivity index is 2.69. The van der Waals surface area contributed by atoms with Crippen molar-refractivity contribution < 1.29 is 19.1 Å². The fraction of sp³-hybridized carbons (Fsp3) is 0.400. The number of carbonyl (C=O) groups is 2. The number of hydrogen-bond donors (Lipinski definition) is 0. The average molecular weight is 228 g/mol. The first kappa shape index (κ1) is 11.7. The molecular weight excluding hydrogens is 216 g/mol. The summed E-state index contributed by atoms with van der Waals surface area (Å²) in [6, 6.07) is 1.82. The van der Waals surface area contributed by atoms with E-state index in [1.165, 1.54) is 25.6 Å². The van der Waals surface area contributed by atoms with Crippen molar-refractivity contribution in [1.82, 2.24) is 0 Å². The highest BCUT2D eigenvalue weighted by Crippen LogP contribution is 2.18. The summed E-state index contributed by atoms with van der Waals surface area (Å²) in [7, 11) is 2.69. The lowest BCUT2D eigenvalue weighted by Crippen LogP contribution is -2.08. The van der Waals surface area contributed by atoms with Crippen LogP contribution in [0.1, 0.15) is 10.4 Å². The van der Waals surface area contributed by atoms with E-state index < -0.39 is 0 Å². The minimum absolute atomic E-state index is 0.201. The molecule has 0 unspecified atom stereocenters.